The van der Waals surface area contributed by atoms with Crippen LogP contribution in [0.5, 0.6) is 11.5 Å². The minimum Gasteiger partial charge on any atom is -0.490 e. The number of carbonyl (C=O) groups excluding carboxylic acids is 2. The molecule has 2 aliphatic heterocycles. The first-order valence-electron chi connectivity index (χ1n) is 11.4. The molecule has 3 aromatic rings. The highest BCUT2D eigenvalue weighted by molar-refractivity contribution is 6.23. The van der Waals surface area contributed by atoms with Gasteiger partial charge in [-0.05, 0) is 42.3 Å². The van der Waals surface area contributed by atoms with Crippen LogP contribution < -0.4 is 14.4 Å². The van der Waals surface area contributed by atoms with Gasteiger partial charge in [-0.2, -0.15) is 5.06 Å². The fraction of sp³-hybridized carbons (Fsp3) is 0.259. The van der Waals surface area contributed by atoms with Crippen molar-refractivity contribution in [1.29, 1.82) is 0 Å². The van der Waals surface area contributed by atoms with Gasteiger partial charge in [-0.3, -0.25) is 14.4 Å². The summed E-state index contributed by atoms with van der Waals surface area (Å²) in [6.45, 7) is 2.68. The lowest BCUT2D eigenvalue weighted by Gasteiger charge is -2.25. The number of nitrogens with zero attached hydrogens (tertiary/aromatic N) is 2. The fourth-order valence-electron chi connectivity index (χ4n) is 4.67. The van der Waals surface area contributed by atoms with Crippen LogP contribution in [0.25, 0.3) is 0 Å². The highest BCUT2D eigenvalue weighted by atomic mass is 19.1. The smallest absolute Gasteiger partial charge is 0.266 e. The number of hydrogen-bond donors (Lipinski definition) is 0. The normalized spacial score (nSPS) is 21.9. The summed E-state index contributed by atoms with van der Waals surface area (Å²) in [5, 5.41) is 1.51. The molecule has 0 N–H and O–H groups in total. The summed E-state index contributed by atoms with van der Waals surface area (Å²) >= 11 is 0. The van der Waals surface area contributed by atoms with Crippen molar-refractivity contribution in [2.45, 2.75) is 25.7 Å². The second-order valence-electron chi connectivity index (χ2n) is 8.42. The third-order valence-electron chi connectivity index (χ3n) is 6.25. The topological polar surface area (TPSA) is 68.3 Å². The van der Waals surface area contributed by atoms with Gasteiger partial charge in [0.1, 0.15) is 12.4 Å². The maximum Gasteiger partial charge on any atom is 0.266 e. The molecule has 0 radical (unpaired) electrons. The van der Waals surface area contributed by atoms with Gasteiger partial charge in [0.25, 0.3) is 5.91 Å². The first-order chi connectivity index (χ1) is 17.0. The van der Waals surface area contributed by atoms with Gasteiger partial charge in [-0.25, -0.2) is 9.29 Å². The standard InChI is InChI=1S/C27H25FN2O5/c1-3-33-22-15-18(13-14-21(22)34-16-17-9-5-4-6-10-17)24-23-25(35-29(24)2)27(32)30(26(23)31)20-12-8-7-11-19(20)28/h4-15,23-25H,3,16H2,1-2H3/t23-,24+,25-/m0/s1. The zero-order valence-corrected chi connectivity index (χ0v) is 19.4. The van der Waals surface area contributed by atoms with E-state index in [1.807, 2.05) is 43.3 Å². The number of ether oxygens (including phenoxy) is 2. The Morgan fingerprint density at radius 2 is 1.66 bits per heavy atom. The Labute approximate surface area is 202 Å². The third kappa shape index (κ3) is 4.15. The zero-order valence-electron chi connectivity index (χ0n) is 19.4. The molecule has 2 heterocycles. The highest BCUT2D eigenvalue weighted by Crippen LogP contribution is 2.46. The number of halogens is 1. The van der Waals surface area contributed by atoms with Crippen LogP contribution in [0.1, 0.15) is 24.1 Å². The quantitative estimate of drug-likeness (QED) is 0.474. The van der Waals surface area contributed by atoms with Crippen molar-refractivity contribution in [1.82, 2.24) is 5.06 Å². The van der Waals surface area contributed by atoms with Crippen LogP contribution in [0.3, 0.4) is 0 Å². The largest absolute Gasteiger partial charge is 0.490 e. The van der Waals surface area contributed by atoms with E-state index in [9.17, 15) is 14.0 Å². The van der Waals surface area contributed by atoms with Crippen molar-refractivity contribution in [2.24, 2.45) is 5.92 Å². The predicted octanol–water partition coefficient (Wildman–Crippen LogP) is 4.28. The molecule has 3 aromatic carbocycles. The Kier molecular flexibility index (Phi) is 6.23. The van der Waals surface area contributed by atoms with Crippen molar-refractivity contribution < 1.29 is 28.3 Å². The number of hydrogen-bond acceptors (Lipinski definition) is 6. The number of amides is 2. The fourth-order valence-corrected chi connectivity index (χ4v) is 4.67. The SMILES string of the molecule is CCOc1cc([C@@H]2[C@@H]3C(=O)N(c4ccccc4F)C(=O)[C@H]3ON2C)ccc1OCc1ccccc1. The Hall–Kier alpha value is -3.75. The van der Waals surface area contributed by atoms with E-state index in [2.05, 4.69) is 0 Å². The molecule has 180 valence electrons. The van der Waals surface area contributed by atoms with Gasteiger partial charge in [-0.1, -0.05) is 48.5 Å². The number of anilines is 1. The molecule has 2 saturated heterocycles. The second-order valence-corrected chi connectivity index (χ2v) is 8.42. The van der Waals surface area contributed by atoms with Crippen molar-refractivity contribution in [2.75, 3.05) is 18.6 Å². The average Bonchev–Trinajstić information content (AvgIpc) is 3.32. The first kappa shape index (κ1) is 23.0. The van der Waals surface area contributed by atoms with Crippen LogP contribution in [0.4, 0.5) is 10.1 Å². The molecule has 0 aromatic heterocycles. The molecule has 0 spiro atoms. The number of para-hydroxylation sites is 1. The van der Waals surface area contributed by atoms with Crippen LogP contribution in [-0.2, 0) is 21.0 Å². The summed E-state index contributed by atoms with van der Waals surface area (Å²) in [6.07, 6.45) is -1.03. The molecule has 2 aliphatic rings. The van der Waals surface area contributed by atoms with E-state index in [4.69, 9.17) is 14.3 Å². The molecule has 35 heavy (non-hydrogen) atoms. The highest BCUT2D eigenvalue weighted by Gasteiger charge is 2.59. The molecular formula is C27H25FN2O5. The van der Waals surface area contributed by atoms with Gasteiger partial charge in [0.15, 0.2) is 17.6 Å². The Balaban J connectivity index is 1.44. The maximum absolute atomic E-state index is 14.4. The summed E-state index contributed by atoms with van der Waals surface area (Å²) in [4.78, 5) is 33.1. The molecular weight excluding hydrogens is 451 g/mol. The summed E-state index contributed by atoms with van der Waals surface area (Å²) in [5.74, 6) is -1.44. The lowest BCUT2D eigenvalue weighted by atomic mass is 9.91. The lowest BCUT2D eigenvalue weighted by Crippen LogP contribution is -2.36. The van der Waals surface area contributed by atoms with E-state index in [-0.39, 0.29) is 5.69 Å². The van der Waals surface area contributed by atoms with Crippen molar-refractivity contribution >= 4 is 17.5 Å². The first-order valence-corrected chi connectivity index (χ1v) is 11.4. The molecule has 0 saturated carbocycles. The average molecular weight is 477 g/mol. The van der Waals surface area contributed by atoms with Gasteiger partial charge in [-0.15, -0.1) is 0 Å². The van der Waals surface area contributed by atoms with Crippen LogP contribution in [-0.4, -0.2) is 36.6 Å². The van der Waals surface area contributed by atoms with Crippen molar-refractivity contribution in [3.05, 3.63) is 89.7 Å². The predicted molar refractivity (Wildman–Crippen MR) is 126 cm³/mol. The molecule has 0 aliphatic carbocycles. The van der Waals surface area contributed by atoms with Crippen LogP contribution >= 0.6 is 0 Å². The van der Waals surface area contributed by atoms with Crippen LogP contribution in [0.2, 0.25) is 0 Å². The van der Waals surface area contributed by atoms with Crippen LogP contribution in [0.15, 0.2) is 72.8 Å². The molecule has 2 fully saturated rings. The van der Waals surface area contributed by atoms with Gasteiger partial charge >= 0.3 is 0 Å². The zero-order chi connectivity index (χ0) is 24.5. The number of hydroxylamine groups is 2. The lowest BCUT2D eigenvalue weighted by molar-refractivity contribution is -0.160. The number of fused-ring (bicyclic) bond motifs is 1. The summed E-state index contributed by atoms with van der Waals surface area (Å²) in [6, 6.07) is 20.4. The number of rotatable bonds is 7. The van der Waals surface area contributed by atoms with Gasteiger partial charge < -0.3 is 9.47 Å². The molecule has 8 heteroatoms. The number of carbonyl (C=O) groups is 2. The Morgan fingerprint density at radius 3 is 2.40 bits per heavy atom. The van der Waals surface area contributed by atoms with E-state index in [0.717, 1.165) is 16.0 Å². The monoisotopic (exact) mass is 476 g/mol. The summed E-state index contributed by atoms with van der Waals surface area (Å²) in [5.41, 5.74) is 1.68. The molecule has 0 unspecified atom stereocenters. The van der Waals surface area contributed by atoms with E-state index in [1.54, 1.807) is 25.2 Å². The molecule has 2 amide bonds. The third-order valence-corrected chi connectivity index (χ3v) is 6.25. The van der Waals surface area contributed by atoms with Crippen molar-refractivity contribution in [3.63, 3.8) is 0 Å². The molecule has 0 bridgehead atoms. The number of benzene rings is 3. The van der Waals surface area contributed by atoms with Crippen LogP contribution in [0, 0.1) is 11.7 Å². The van der Waals surface area contributed by atoms with Gasteiger partial charge in [0.05, 0.1) is 24.3 Å². The summed E-state index contributed by atoms with van der Waals surface area (Å²) in [7, 11) is 1.68. The van der Waals surface area contributed by atoms with Gasteiger partial charge in [0, 0.05) is 7.05 Å². The van der Waals surface area contributed by atoms with E-state index < -0.39 is 35.7 Å². The second kappa shape index (κ2) is 9.48. The Bertz CT molecular complexity index is 1250. The van der Waals surface area contributed by atoms with E-state index >= 15 is 0 Å². The minimum absolute atomic E-state index is 0.0680. The number of imide groups is 1. The maximum atomic E-state index is 14.4. The summed E-state index contributed by atoms with van der Waals surface area (Å²) < 4.78 is 26.2. The van der Waals surface area contributed by atoms with E-state index in [1.165, 1.54) is 23.3 Å². The van der Waals surface area contributed by atoms with Crippen molar-refractivity contribution in [3.8, 4) is 11.5 Å². The van der Waals surface area contributed by atoms with Gasteiger partial charge in [0.2, 0.25) is 5.91 Å². The molecule has 7 nitrogen and oxygen atoms in total. The Morgan fingerprint density at radius 1 is 0.914 bits per heavy atom. The molecule has 5 rings (SSSR count). The molecule has 3 atom stereocenters. The minimum atomic E-state index is -1.03. The van der Waals surface area contributed by atoms with E-state index in [0.29, 0.717) is 24.7 Å².